The van der Waals surface area contributed by atoms with Crippen LogP contribution in [-0.4, -0.2) is 68.8 Å². The molecule has 3 heterocycles. The van der Waals surface area contributed by atoms with Gasteiger partial charge in [-0.2, -0.15) is 5.10 Å². The van der Waals surface area contributed by atoms with Crippen LogP contribution in [0.25, 0.3) is 0 Å². The Morgan fingerprint density at radius 3 is 2.92 bits per heavy atom. The lowest BCUT2D eigenvalue weighted by molar-refractivity contribution is -0.133. The summed E-state index contributed by atoms with van der Waals surface area (Å²) in [6, 6.07) is 1.93. The molecule has 0 N–H and O–H groups in total. The molecule has 1 aliphatic heterocycles. The quantitative estimate of drug-likeness (QED) is 0.757. The standard InChI is InChI=1S/C19H30N6O/c1-16-7-12-25(21-16)15-18(26)24-10-4-6-17(14-24)19-20-8-13-23(19)11-5-9-22(2)3/h7-8,12-13,17H,4-6,9-11,14-15H2,1-3H3/t17-/m0/s1. The van der Waals surface area contributed by atoms with Crippen molar-refractivity contribution < 1.29 is 4.79 Å². The minimum atomic E-state index is 0.142. The van der Waals surface area contributed by atoms with Crippen molar-refractivity contribution in [3.05, 3.63) is 36.2 Å². The van der Waals surface area contributed by atoms with E-state index in [1.54, 1.807) is 4.68 Å². The Morgan fingerprint density at radius 2 is 2.19 bits per heavy atom. The number of hydrogen-bond acceptors (Lipinski definition) is 4. The van der Waals surface area contributed by atoms with Crippen molar-refractivity contribution in [2.24, 2.45) is 0 Å². The number of hydrogen-bond donors (Lipinski definition) is 0. The molecule has 1 fully saturated rings. The number of carbonyl (C=O) groups excluding carboxylic acids is 1. The monoisotopic (exact) mass is 358 g/mol. The molecule has 0 aromatic carbocycles. The smallest absolute Gasteiger partial charge is 0.244 e. The van der Waals surface area contributed by atoms with E-state index in [1.807, 2.05) is 30.3 Å². The van der Waals surface area contributed by atoms with Gasteiger partial charge in [-0.05, 0) is 52.9 Å². The largest absolute Gasteiger partial charge is 0.340 e. The summed E-state index contributed by atoms with van der Waals surface area (Å²) in [6.45, 7) is 5.88. The van der Waals surface area contributed by atoms with Gasteiger partial charge in [0.25, 0.3) is 0 Å². The Kier molecular flexibility index (Phi) is 6.08. The molecule has 1 amide bonds. The number of rotatable bonds is 7. The lowest BCUT2D eigenvalue weighted by atomic mass is 9.97. The van der Waals surface area contributed by atoms with Crippen LogP contribution in [0.4, 0.5) is 0 Å². The van der Waals surface area contributed by atoms with Gasteiger partial charge >= 0.3 is 0 Å². The first-order valence-corrected chi connectivity index (χ1v) is 9.46. The molecule has 0 radical (unpaired) electrons. The molecule has 0 saturated carbocycles. The van der Waals surface area contributed by atoms with Crippen LogP contribution in [0.15, 0.2) is 24.7 Å². The summed E-state index contributed by atoms with van der Waals surface area (Å²) in [4.78, 5) is 21.4. The summed E-state index contributed by atoms with van der Waals surface area (Å²) in [5, 5.41) is 4.33. The summed E-state index contributed by atoms with van der Waals surface area (Å²) < 4.78 is 3.99. The van der Waals surface area contributed by atoms with E-state index in [-0.39, 0.29) is 5.91 Å². The van der Waals surface area contributed by atoms with Crippen molar-refractivity contribution in [2.45, 2.75) is 45.2 Å². The second kappa shape index (κ2) is 8.49. The maximum Gasteiger partial charge on any atom is 0.244 e. The second-order valence-electron chi connectivity index (χ2n) is 7.47. The first kappa shape index (κ1) is 18.6. The molecule has 0 spiro atoms. The van der Waals surface area contributed by atoms with Gasteiger partial charge in [0.2, 0.25) is 5.91 Å². The summed E-state index contributed by atoms with van der Waals surface area (Å²) in [5.74, 6) is 1.58. The van der Waals surface area contributed by atoms with Gasteiger partial charge in [-0.15, -0.1) is 0 Å². The van der Waals surface area contributed by atoms with Crippen LogP contribution in [0.2, 0.25) is 0 Å². The van der Waals surface area contributed by atoms with Gasteiger partial charge in [0.15, 0.2) is 0 Å². The third-order valence-corrected chi connectivity index (χ3v) is 4.96. The number of piperidine rings is 1. The van der Waals surface area contributed by atoms with Gasteiger partial charge in [0.1, 0.15) is 12.4 Å². The van der Waals surface area contributed by atoms with Crippen LogP contribution >= 0.6 is 0 Å². The minimum absolute atomic E-state index is 0.142. The predicted octanol–water partition coefficient (Wildman–Crippen LogP) is 1.75. The van der Waals surface area contributed by atoms with E-state index in [2.05, 4.69) is 39.8 Å². The highest BCUT2D eigenvalue weighted by molar-refractivity contribution is 5.76. The molecular weight excluding hydrogens is 328 g/mol. The predicted molar refractivity (Wildman–Crippen MR) is 101 cm³/mol. The van der Waals surface area contributed by atoms with E-state index in [1.165, 1.54) is 0 Å². The topological polar surface area (TPSA) is 59.2 Å². The lowest BCUT2D eigenvalue weighted by Crippen LogP contribution is -2.41. The van der Waals surface area contributed by atoms with E-state index in [4.69, 9.17) is 0 Å². The number of amides is 1. The molecule has 1 aliphatic rings. The van der Waals surface area contributed by atoms with Crippen LogP contribution < -0.4 is 0 Å². The molecule has 3 rings (SSSR count). The van der Waals surface area contributed by atoms with E-state index in [9.17, 15) is 4.79 Å². The van der Waals surface area contributed by atoms with Crippen molar-refractivity contribution in [1.29, 1.82) is 0 Å². The van der Waals surface area contributed by atoms with Crippen LogP contribution in [0, 0.1) is 6.92 Å². The molecule has 26 heavy (non-hydrogen) atoms. The Labute approximate surface area is 155 Å². The fraction of sp³-hybridized carbons (Fsp3) is 0.632. The maximum atomic E-state index is 12.7. The van der Waals surface area contributed by atoms with Crippen LogP contribution in [0.5, 0.6) is 0 Å². The average Bonchev–Trinajstić information content (AvgIpc) is 3.23. The van der Waals surface area contributed by atoms with Gasteiger partial charge < -0.3 is 14.4 Å². The van der Waals surface area contributed by atoms with Crippen molar-refractivity contribution in [3.63, 3.8) is 0 Å². The van der Waals surface area contributed by atoms with E-state index in [0.29, 0.717) is 12.5 Å². The normalized spacial score (nSPS) is 17.8. The highest BCUT2D eigenvalue weighted by Gasteiger charge is 2.27. The highest BCUT2D eigenvalue weighted by atomic mass is 16.2. The van der Waals surface area contributed by atoms with Crippen LogP contribution in [0.3, 0.4) is 0 Å². The fourth-order valence-electron chi connectivity index (χ4n) is 3.63. The molecule has 2 aromatic rings. The molecule has 2 aromatic heterocycles. The van der Waals surface area contributed by atoms with Crippen LogP contribution in [-0.2, 0) is 17.9 Å². The number of nitrogens with zero attached hydrogens (tertiary/aromatic N) is 6. The van der Waals surface area contributed by atoms with Crippen molar-refractivity contribution >= 4 is 5.91 Å². The third kappa shape index (κ3) is 4.72. The third-order valence-electron chi connectivity index (χ3n) is 4.96. The fourth-order valence-corrected chi connectivity index (χ4v) is 3.63. The molecule has 7 nitrogen and oxygen atoms in total. The molecule has 1 saturated heterocycles. The van der Waals surface area contributed by atoms with Crippen molar-refractivity contribution in [2.75, 3.05) is 33.7 Å². The molecule has 0 aliphatic carbocycles. The second-order valence-corrected chi connectivity index (χ2v) is 7.47. The number of aromatic nitrogens is 4. The van der Waals surface area contributed by atoms with Crippen molar-refractivity contribution in [3.8, 4) is 0 Å². The lowest BCUT2D eigenvalue weighted by Gasteiger charge is -2.32. The first-order chi connectivity index (χ1) is 12.5. The van der Waals surface area contributed by atoms with E-state index < -0.39 is 0 Å². The molecular formula is C19H30N6O. The zero-order chi connectivity index (χ0) is 18.5. The number of imidazole rings is 1. The summed E-state index contributed by atoms with van der Waals surface area (Å²) in [5.41, 5.74) is 0.939. The summed E-state index contributed by atoms with van der Waals surface area (Å²) >= 11 is 0. The minimum Gasteiger partial charge on any atom is -0.340 e. The van der Waals surface area contributed by atoms with Crippen LogP contribution in [0.1, 0.15) is 36.7 Å². The van der Waals surface area contributed by atoms with Gasteiger partial charge in [-0.3, -0.25) is 9.48 Å². The van der Waals surface area contributed by atoms with Gasteiger partial charge in [-0.25, -0.2) is 4.98 Å². The molecule has 7 heteroatoms. The Bertz CT molecular complexity index is 719. The number of likely N-dealkylation sites (tertiary alicyclic amines) is 1. The zero-order valence-corrected chi connectivity index (χ0v) is 16.1. The van der Waals surface area contributed by atoms with E-state index >= 15 is 0 Å². The summed E-state index contributed by atoms with van der Waals surface area (Å²) in [7, 11) is 4.20. The summed E-state index contributed by atoms with van der Waals surface area (Å²) in [6.07, 6.45) is 9.04. The van der Waals surface area contributed by atoms with Gasteiger partial charge in [-0.1, -0.05) is 0 Å². The Morgan fingerprint density at radius 1 is 1.35 bits per heavy atom. The molecule has 0 bridgehead atoms. The number of carbonyl (C=O) groups is 1. The molecule has 0 unspecified atom stereocenters. The molecule has 142 valence electrons. The maximum absolute atomic E-state index is 12.7. The van der Waals surface area contributed by atoms with Crippen molar-refractivity contribution in [1.82, 2.24) is 29.1 Å². The highest BCUT2D eigenvalue weighted by Crippen LogP contribution is 2.26. The van der Waals surface area contributed by atoms with Gasteiger partial charge in [0, 0.05) is 44.1 Å². The van der Waals surface area contributed by atoms with E-state index in [0.717, 1.165) is 57.0 Å². The molecule has 1 atom stereocenters. The Hall–Kier alpha value is -2.15. The SMILES string of the molecule is Cc1ccn(CC(=O)N2CCC[C@H](c3nccn3CCCN(C)C)C2)n1. The Balaban J connectivity index is 1.60. The number of aryl methyl sites for hydroxylation is 2. The zero-order valence-electron chi connectivity index (χ0n) is 16.1. The van der Waals surface area contributed by atoms with Gasteiger partial charge in [0.05, 0.1) is 5.69 Å². The first-order valence-electron chi connectivity index (χ1n) is 9.46. The average molecular weight is 358 g/mol.